The fourth-order valence-corrected chi connectivity index (χ4v) is 2.04. The van der Waals surface area contributed by atoms with Crippen LogP contribution in [0.4, 0.5) is 0 Å². The zero-order valence-corrected chi connectivity index (χ0v) is 9.47. The molecule has 0 aliphatic rings. The highest BCUT2D eigenvalue weighted by Crippen LogP contribution is 2.15. The lowest BCUT2D eigenvalue weighted by atomic mass is 10.1. The van der Waals surface area contributed by atoms with Crippen molar-refractivity contribution in [2.45, 2.75) is 13.8 Å². The van der Waals surface area contributed by atoms with Crippen molar-refractivity contribution in [3.63, 3.8) is 0 Å². The fourth-order valence-electron chi connectivity index (χ4n) is 1.32. The zero-order chi connectivity index (χ0) is 10.8. The minimum Gasteiger partial charge on any atom is -0.288 e. The van der Waals surface area contributed by atoms with Crippen molar-refractivity contribution in [3.05, 3.63) is 52.0 Å². The fraction of sp³-hybridized carbons (Fsp3) is 0.167. The van der Waals surface area contributed by atoms with Crippen molar-refractivity contribution in [2.75, 3.05) is 0 Å². The second-order valence-corrected chi connectivity index (χ2v) is 4.33. The first-order chi connectivity index (χ1) is 7.16. The van der Waals surface area contributed by atoms with Crippen molar-refractivity contribution in [1.82, 2.24) is 4.37 Å². The van der Waals surface area contributed by atoms with Gasteiger partial charge >= 0.3 is 0 Å². The third-order valence-corrected chi connectivity index (χ3v) is 3.04. The number of hydrogen-bond acceptors (Lipinski definition) is 3. The molecule has 0 N–H and O–H groups in total. The molecule has 0 unspecified atom stereocenters. The van der Waals surface area contributed by atoms with E-state index in [4.69, 9.17) is 0 Å². The molecule has 1 aromatic carbocycles. The molecule has 3 heteroatoms. The molecule has 0 atom stereocenters. The topological polar surface area (TPSA) is 30.0 Å². The Morgan fingerprint density at radius 2 is 1.87 bits per heavy atom. The molecule has 0 aliphatic carbocycles. The molecule has 2 rings (SSSR count). The number of carbonyl (C=O) groups excluding carboxylic acids is 1. The average Bonchev–Trinajstić information content (AvgIpc) is 2.65. The van der Waals surface area contributed by atoms with Gasteiger partial charge in [0.1, 0.15) is 0 Å². The Balaban J connectivity index is 2.32. The van der Waals surface area contributed by atoms with Crippen LogP contribution in [-0.2, 0) is 0 Å². The first-order valence-electron chi connectivity index (χ1n) is 4.71. The van der Waals surface area contributed by atoms with Crippen molar-refractivity contribution in [1.29, 1.82) is 0 Å². The van der Waals surface area contributed by atoms with E-state index >= 15 is 0 Å². The Morgan fingerprint density at radius 3 is 2.40 bits per heavy atom. The molecule has 0 spiro atoms. The summed E-state index contributed by atoms with van der Waals surface area (Å²) in [7, 11) is 0. The van der Waals surface area contributed by atoms with Crippen molar-refractivity contribution in [2.24, 2.45) is 0 Å². The molecule has 15 heavy (non-hydrogen) atoms. The second-order valence-electron chi connectivity index (χ2n) is 3.53. The van der Waals surface area contributed by atoms with Crippen LogP contribution >= 0.6 is 11.5 Å². The van der Waals surface area contributed by atoms with Gasteiger partial charge in [-0.2, -0.15) is 4.37 Å². The van der Waals surface area contributed by atoms with E-state index < -0.39 is 0 Å². The van der Waals surface area contributed by atoms with Gasteiger partial charge < -0.3 is 0 Å². The smallest absolute Gasteiger partial charge is 0.204 e. The summed E-state index contributed by atoms with van der Waals surface area (Å²) in [5.41, 5.74) is 2.78. The van der Waals surface area contributed by atoms with Crippen molar-refractivity contribution < 1.29 is 4.79 Å². The van der Waals surface area contributed by atoms with Crippen molar-refractivity contribution >= 4 is 17.3 Å². The first kappa shape index (κ1) is 10.1. The Bertz CT molecular complexity index is 485. The SMILES string of the molecule is Cc1ccc(C(=O)c2cc(C)ns2)cc1. The van der Waals surface area contributed by atoms with Gasteiger partial charge in [0.2, 0.25) is 5.78 Å². The maximum Gasteiger partial charge on any atom is 0.204 e. The lowest BCUT2D eigenvalue weighted by Gasteiger charge is -1.97. The predicted octanol–water partition coefficient (Wildman–Crippen LogP) is 2.99. The van der Waals surface area contributed by atoms with Gasteiger partial charge in [0, 0.05) is 5.56 Å². The summed E-state index contributed by atoms with van der Waals surface area (Å²) >= 11 is 1.26. The molecule has 0 bridgehead atoms. The Labute approximate surface area is 92.7 Å². The third-order valence-electron chi connectivity index (χ3n) is 2.17. The van der Waals surface area contributed by atoms with Crippen LogP contribution in [0.1, 0.15) is 26.5 Å². The largest absolute Gasteiger partial charge is 0.288 e. The summed E-state index contributed by atoms with van der Waals surface area (Å²) in [5, 5.41) is 0. The second kappa shape index (κ2) is 3.95. The van der Waals surface area contributed by atoms with Gasteiger partial charge in [-0.25, -0.2) is 0 Å². The Kier molecular flexibility index (Phi) is 2.64. The van der Waals surface area contributed by atoms with Crippen LogP contribution < -0.4 is 0 Å². The summed E-state index contributed by atoms with van der Waals surface area (Å²) in [6.45, 7) is 3.90. The summed E-state index contributed by atoms with van der Waals surface area (Å²) in [4.78, 5) is 12.6. The van der Waals surface area contributed by atoms with Crippen LogP contribution in [0, 0.1) is 13.8 Å². The van der Waals surface area contributed by atoms with E-state index in [1.807, 2.05) is 44.2 Å². The molecule has 0 aliphatic heterocycles. The van der Waals surface area contributed by atoms with Gasteiger partial charge in [-0.3, -0.25) is 4.79 Å². The average molecular weight is 217 g/mol. The molecule has 2 nitrogen and oxygen atoms in total. The molecule has 76 valence electrons. The van der Waals surface area contributed by atoms with Gasteiger partial charge in [0.05, 0.1) is 10.6 Å². The number of benzene rings is 1. The summed E-state index contributed by atoms with van der Waals surface area (Å²) in [6.07, 6.45) is 0. The molecule has 0 saturated heterocycles. The maximum atomic E-state index is 11.9. The summed E-state index contributed by atoms with van der Waals surface area (Å²) in [5.74, 6) is 0.0561. The van der Waals surface area contributed by atoms with Crippen LogP contribution in [0.2, 0.25) is 0 Å². The predicted molar refractivity (Wildman–Crippen MR) is 61.5 cm³/mol. The van der Waals surface area contributed by atoms with Crippen LogP contribution in [0.5, 0.6) is 0 Å². The standard InChI is InChI=1S/C12H11NOS/c1-8-3-5-10(6-4-8)12(14)11-7-9(2)13-15-11/h3-7H,1-2H3. The Morgan fingerprint density at radius 1 is 1.20 bits per heavy atom. The zero-order valence-electron chi connectivity index (χ0n) is 8.65. The summed E-state index contributed by atoms with van der Waals surface area (Å²) in [6, 6.07) is 9.43. The minimum atomic E-state index is 0.0561. The lowest BCUT2D eigenvalue weighted by Crippen LogP contribution is -1.97. The Hall–Kier alpha value is -1.48. The molecule has 1 aromatic heterocycles. The van der Waals surface area contributed by atoms with Crippen LogP contribution in [0.15, 0.2) is 30.3 Å². The van der Waals surface area contributed by atoms with Gasteiger partial charge in [-0.15, -0.1) is 0 Å². The lowest BCUT2D eigenvalue weighted by molar-refractivity contribution is 0.104. The highest BCUT2D eigenvalue weighted by atomic mass is 32.1. The normalized spacial score (nSPS) is 10.3. The third kappa shape index (κ3) is 2.13. The van der Waals surface area contributed by atoms with Gasteiger partial charge in [0.15, 0.2) is 0 Å². The van der Waals surface area contributed by atoms with Crippen LogP contribution in [0.25, 0.3) is 0 Å². The number of aromatic nitrogens is 1. The number of aryl methyl sites for hydroxylation is 2. The van der Waals surface area contributed by atoms with E-state index in [1.165, 1.54) is 11.5 Å². The monoisotopic (exact) mass is 217 g/mol. The van der Waals surface area contributed by atoms with Gasteiger partial charge in [-0.05, 0) is 31.4 Å². The highest BCUT2D eigenvalue weighted by Gasteiger charge is 2.11. The molecule has 2 aromatic rings. The van der Waals surface area contributed by atoms with Crippen molar-refractivity contribution in [3.8, 4) is 0 Å². The molecule has 0 fully saturated rings. The minimum absolute atomic E-state index is 0.0561. The highest BCUT2D eigenvalue weighted by molar-refractivity contribution is 7.08. The van der Waals surface area contributed by atoms with Gasteiger partial charge in [0.25, 0.3) is 0 Å². The van der Waals surface area contributed by atoms with E-state index in [0.29, 0.717) is 4.88 Å². The number of carbonyl (C=O) groups is 1. The van der Waals surface area contributed by atoms with E-state index in [9.17, 15) is 4.79 Å². The number of ketones is 1. The maximum absolute atomic E-state index is 11.9. The molecule has 0 saturated carbocycles. The van der Waals surface area contributed by atoms with E-state index in [-0.39, 0.29) is 5.78 Å². The van der Waals surface area contributed by atoms with Crippen LogP contribution in [0.3, 0.4) is 0 Å². The summed E-state index contributed by atoms with van der Waals surface area (Å²) < 4.78 is 4.10. The first-order valence-corrected chi connectivity index (χ1v) is 5.49. The van der Waals surface area contributed by atoms with E-state index in [0.717, 1.165) is 16.8 Å². The number of nitrogens with zero attached hydrogens (tertiary/aromatic N) is 1. The molecule has 0 radical (unpaired) electrons. The quantitative estimate of drug-likeness (QED) is 0.724. The molecule has 1 heterocycles. The van der Waals surface area contributed by atoms with E-state index in [2.05, 4.69) is 4.37 Å². The van der Waals surface area contributed by atoms with E-state index in [1.54, 1.807) is 0 Å². The molecular weight excluding hydrogens is 206 g/mol. The van der Waals surface area contributed by atoms with Crippen LogP contribution in [-0.4, -0.2) is 10.2 Å². The molecular formula is C12H11NOS. The van der Waals surface area contributed by atoms with Gasteiger partial charge in [-0.1, -0.05) is 29.8 Å². The molecule has 0 amide bonds. The number of rotatable bonds is 2. The number of hydrogen-bond donors (Lipinski definition) is 0.